The number of phenolic OH excluding ortho intramolecular Hbond substituents is 1. The third kappa shape index (κ3) is 5.11. The predicted molar refractivity (Wildman–Crippen MR) is 122 cm³/mol. The quantitative estimate of drug-likeness (QED) is 0.506. The Morgan fingerprint density at radius 1 is 1.28 bits per heavy atom. The lowest BCUT2D eigenvalue weighted by molar-refractivity contribution is 0.0391. The van der Waals surface area contributed by atoms with E-state index in [1.807, 2.05) is 18.2 Å². The number of aliphatic hydroxyl groups excluding tert-OH is 1. The summed E-state index contributed by atoms with van der Waals surface area (Å²) < 4.78 is 11.9. The highest BCUT2D eigenvalue weighted by Gasteiger charge is 2.42. The van der Waals surface area contributed by atoms with Gasteiger partial charge in [0.15, 0.2) is 0 Å². The van der Waals surface area contributed by atoms with Crippen LogP contribution >= 0.6 is 11.6 Å². The van der Waals surface area contributed by atoms with Gasteiger partial charge in [-0.25, -0.2) is 0 Å². The van der Waals surface area contributed by atoms with Gasteiger partial charge in [-0.05, 0) is 61.6 Å². The average molecular weight is 461 g/mol. The number of carbonyl (C=O) groups excluding carboxylic acids is 1. The Morgan fingerprint density at radius 3 is 2.81 bits per heavy atom. The summed E-state index contributed by atoms with van der Waals surface area (Å²) in [6, 6.07) is 10.4. The number of halogens is 1. The van der Waals surface area contributed by atoms with Gasteiger partial charge in [0.25, 0.3) is 5.91 Å². The zero-order valence-electron chi connectivity index (χ0n) is 18.1. The molecule has 32 heavy (non-hydrogen) atoms. The average Bonchev–Trinajstić information content (AvgIpc) is 3.13. The van der Waals surface area contributed by atoms with Crippen LogP contribution in [0.1, 0.15) is 41.6 Å². The molecule has 8 heteroatoms. The van der Waals surface area contributed by atoms with Crippen LogP contribution in [0, 0.1) is 0 Å². The minimum absolute atomic E-state index is 0.00467. The molecule has 2 aromatic carbocycles. The molecule has 1 fully saturated rings. The smallest absolute Gasteiger partial charge is 0.254 e. The second-order valence-electron chi connectivity index (χ2n) is 8.62. The van der Waals surface area contributed by atoms with Gasteiger partial charge in [0.05, 0.1) is 5.56 Å². The van der Waals surface area contributed by atoms with Crippen molar-refractivity contribution in [1.29, 1.82) is 0 Å². The molecule has 1 heterocycles. The number of phenols is 1. The Kier molecular flexibility index (Phi) is 6.79. The van der Waals surface area contributed by atoms with Crippen molar-refractivity contribution in [3.05, 3.63) is 52.5 Å². The minimum atomic E-state index is -0.750. The molecular weight excluding hydrogens is 432 g/mol. The third-order valence-electron chi connectivity index (χ3n) is 6.27. The lowest BCUT2D eigenvalue weighted by Crippen LogP contribution is -2.46. The number of fused-ring (bicyclic) bond motifs is 1. The Balaban J connectivity index is 1.23. The molecule has 0 radical (unpaired) electrons. The topological polar surface area (TPSA) is 100 Å². The summed E-state index contributed by atoms with van der Waals surface area (Å²) >= 11 is 6.12. The first-order valence-electron chi connectivity index (χ1n) is 10.9. The highest BCUT2D eigenvalue weighted by atomic mass is 35.5. The van der Waals surface area contributed by atoms with E-state index in [-0.39, 0.29) is 29.6 Å². The van der Waals surface area contributed by atoms with Crippen molar-refractivity contribution in [2.45, 2.75) is 49.9 Å². The fourth-order valence-electron chi connectivity index (χ4n) is 4.53. The first kappa shape index (κ1) is 22.7. The molecule has 1 aliphatic carbocycles. The summed E-state index contributed by atoms with van der Waals surface area (Å²) in [6.45, 7) is 0.388. The molecule has 0 bridgehead atoms. The summed E-state index contributed by atoms with van der Waals surface area (Å²) in [5, 5.41) is 26.7. The van der Waals surface area contributed by atoms with Crippen LogP contribution in [0.2, 0.25) is 5.02 Å². The highest BCUT2D eigenvalue weighted by molar-refractivity contribution is 6.30. The first-order valence-corrected chi connectivity index (χ1v) is 11.3. The minimum Gasteiger partial charge on any atom is -0.508 e. The Labute approximate surface area is 192 Å². The van der Waals surface area contributed by atoms with Crippen molar-refractivity contribution in [2.75, 3.05) is 20.2 Å². The van der Waals surface area contributed by atoms with E-state index in [0.717, 1.165) is 42.9 Å². The number of hydrogen-bond donors (Lipinski definition) is 4. The van der Waals surface area contributed by atoms with E-state index in [1.54, 1.807) is 0 Å². The standard InChI is InChI=1S/C24H29ClN2O5/c1-26-23(30)20-4-3-18(28)11-22(20)31-14-19(29)13-27-17-6-8-24(9-7-17)12-15-10-16(25)2-5-21(15)32-24/h2-5,10-11,17,19,27-29H,6-9,12-14H2,1H3,(H,26,30)/t17?,19-,24?/m0/s1. The van der Waals surface area contributed by atoms with Gasteiger partial charge in [-0.2, -0.15) is 0 Å². The second-order valence-corrected chi connectivity index (χ2v) is 9.06. The van der Waals surface area contributed by atoms with Crippen molar-refractivity contribution in [3.8, 4) is 17.2 Å². The van der Waals surface area contributed by atoms with Gasteiger partial charge in [-0.1, -0.05) is 11.6 Å². The summed E-state index contributed by atoms with van der Waals surface area (Å²) in [6.07, 6.45) is 3.96. The monoisotopic (exact) mass is 460 g/mol. The van der Waals surface area contributed by atoms with E-state index in [9.17, 15) is 15.0 Å². The van der Waals surface area contributed by atoms with Crippen LogP contribution in [-0.2, 0) is 6.42 Å². The van der Waals surface area contributed by atoms with Crippen LogP contribution < -0.4 is 20.1 Å². The van der Waals surface area contributed by atoms with Gasteiger partial charge in [-0.3, -0.25) is 4.79 Å². The molecule has 0 aromatic heterocycles. The number of hydrogen-bond acceptors (Lipinski definition) is 6. The van der Waals surface area contributed by atoms with Crippen LogP contribution in [0.4, 0.5) is 0 Å². The zero-order chi connectivity index (χ0) is 22.7. The molecule has 2 aromatic rings. The molecule has 4 N–H and O–H groups in total. The highest BCUT2D eigenvalue weighted by Crippen LogP contribution is 2.44. The van der Waals surface area contributed by atoms with Crippen LogP contribution in [0.15, 0.2) is 36.4 Å². The zero-order valence-corrected chi connectivity index (χ0v) is 18.8. The lowest BCUT2D eigenvalue weighted by atomic mass is 9.79. The number of rotatable bonds is 7. The molecule has 2 aliphatic rings. The summed E-state index contributed by atoms with van der Waals surface area (Å²) in [7, 11) is 1.52. The van der Waals surface area contributed by atoms with E-state index < -0.39 is 6.10 Å². The largest absolute Gasteiger partial charge is 0.508 e. The Morgan fingerprint density at radius 2 is 2.06 bits per heavy atom. The number of aliphatic hydroxyl groups is 1. The number of amides is 1. The predicted octanol–water partition coefficient (Wildman–Crippen LogP) is 3.05. The molecule has 1 atom stereocenters. The van der Waals surface area contributed by atoms with Crippen molar-refractivity contribution in [2.24, 2.45) is 0 Å². The van der Waals surface area contributed by atoms with Crippen LogP contribution in [0.25, 0.3) is 0 Å². The van der Waals surface area contributed by atoms with Gasteiger partial charge in [-0.15, -0.1) is 0 Å². The molecule has 4 rings (SSSR count). The van der Waals surface area contributed by atoms with E-state index in [4.69, 9.17) is 21.1 Å². The number of nitrogens with one attached hydrogen (secondary N) is 2. The fourth-order valence-corrected chi connectivity index (χ4v) is 4.72. The van der Waals surface area contributed by atoms with E-state index in [2.05, 4.69) is 10.6 Å². The van der Waals surface area contributed by atoms with Crippen LogP contribution in [0.3, 0.4) is 0 Å². The normalized spacial score (nSPS) is 22.8. The van der Waals surface area contributed by atoms with Crippen LogP contribution in [-0.4, -0.2) is 54.1 Å². The number of aromatic hydroxyl groups is 1. The molecular formula is C24H29ClN2O5. The van der Waals surface area contributed by atoms with Gasteiger partial charge in [0.1, 0.15) is 35.6 Å². The molecule has 1 amide bonds. The fraction of sp³-hybridized carbons (Fsp3) is 0.458. The Bertz CT molecular complexity index is 975. The number of ether oxygens (including phenoxy) is 2. The maximum atomic E-state index is 12.0. The molecule has 1 spiro atoms. The van der Waals surface area contributed by atoms with Gasteiger partial charge < -0.3 is 30.3 Å². The molecule has 0 unspecified atom stereocenters. The first-order chi connectivity index (χ1) is 15.4. The van der Waals surface area contributed by atoms with E-state index >= 15 is 0 Å². The molecule has 0 saturated heterocycles. The molecule has 1 aliphatic heterocycles. The van der Waals surface area contributed by atoms with Crippen molar-refractivity contribution < 1.29 is 24.5 Å². The molecule has 7 nitrogen and oxygen atoms in total. The molecule has 172 valence electrons. The maximum Gasteiger partial charge on any atom is 0.254 e. The maximum absolute atomic E-state index is 12.0. The number of benzene rings is 2. The van der Waals surface area contributed by atoms with Crippen molar-refractivity contribution in [1.82, 2.24) is 10.6 Å². The van der Waals surface area contributed by atoms with Crippen LogP contribution in [0.5, 0.6) is 17.2 Å². The van der Waals surface area contributed by atoms with Crippen molar-refractivity contribution in [3.63, 3.8) is 0 Å². The van der Waals surface area contributed by atoms with Gasteiger partial charge in [0, 0.05) is 37.1 Å². The van der Waals surface area contributed by atoms with E-state index in [1.165, 1.54) is 30.8 Å². The SMILES string of the molecule is CNC(=O)c1ccc(O)cc1OC[C@@H](O)CNC1CCC2(CC1)Cc1cc(Cl)ccc1O2. The van der Waals surface area contributed by atoms with Gasteiger partial charge in [0.2, 0.25) is 0 Å². The summed E-state index contributed by atoms with van der Waals surface area (Å²) in [5.41, 5.74) is 1.35. The molecule has 1 saturated carbocycles. The summed E-state index contributed by atoms with van der Waals surface area (Å²) in [4.78, 5) is 12.0. The van der Waals surface area contributed by atoms with Crippen molar-refractivity contribution >= 4 is 17.5 Å². The number of carbonyl (C=O) groups is 1. The summed E-state index contributed by atoms with van der Waals surface area (Å²) in [5.74, 6) is 0.856. The van der Waals surface area contributed by atoms with Gasteiger partial charge >= 0.3 is 0 Å². The third-order valence-corrected chi connectivity index (χ3v) is 6.50. The second kappa shape index (κ2) is 9.57. The Hall–Kier alpha value is -2.48. The lowest BCUT2D eigenvalue weighted by Gasteiger charge is -2.37. The van der Waals surface area contributed by atoms with E-state index in [0.29, 0.717) is 18.2 Å².